The third-order valence-corrected chi connectivity index (χ3v) is 3.65. The van der Waals surface area contributed by atoms with Crippen molar-refractivity contribution in [3.05, 3.63) is 52.5 Å². The number of aliphatic hydroxyl groups excluding tert-OH is 1. The van der Waals surface area contributed by atoms with Gasteiger partial charge in [0.2, 0.25) is 0 Å². The van der Waals surface area contributed by atoms with Crippen LogP contribution in [0.4, 0.5) is 0 Å². The molecular weight excluding hydrogens is 232 g/mol. The molecular formula is C13H16N2OS. The highest BCUT2D eigenvalue weighted by Crippen LogP contribution is 2.19. The first-order valence-electron chi connectivity index (χ1n) is 5.62. The van der Waals surface area contributed by atoms with E-state index in [2.05, 4.69) is 17.2 Å². The molecule has 0 spiro atoms. The Morgan fingerprint density at radius 1 is 1.41 bits per heavy atom. The van der Waals surface area contributed by atoms with Crippen LogP contribution in [0.15, 0.2) is 42.0 Å². The molecule has 0 aromatic carbocycles. The molecule has 0 saturated heterocycles. The summed E-state index contributed by atoms with van der Waals surface area (Å²) in [6, 6.07) is 8.04. The van der Waals surface area contributed by atoms with Crippen LogP contribution in [-0.4, -0.2) is 16.6 Å². The molecule has 0 bridgehead atoms. The fourth-order valence-electron chi connectivity index (χ4n) is 1.62. The molecule has 4 heteroatoms. The van der Waals surface area contributed by atoms with Crippen molar-refractivity contribution in [2.75, 3.05) is 6.54 Å². The highest BCUT2D eigenvalue weighted by molar-refractivity contribution is 7.10. The smallest absolute Gasteiger partial charge is 0.101 e. The molecule has 0 radical (unpaired) electrons. The SMILES string of the molecule is C[C@H](NCC(O)c1cccs1)c1cccnc1. The molecule has 2 aromatic rings. The molecule has 2 atom stereocenters. The summed E-state index contributed by atoms with van der Waals surface area (Å²) in [5.74, 6) is 0. The average molecular weight is 248 g/mol. The summed E-state index contributed by atoms with van der Waals surface area (Å²) in [4.78, 5) is 5.08. The van der Waals surface area contributed by atoms with E-state index in [1.165, 1.54) is 0 Å². The molecule has 0 saturated carbocycles. The van der Waals surface area contributed by atoms with Crippen LogP contribution in [0, 0.1) is 0 Å². The van der Waals surface area contributed by atoms with Crippen LogP contribution in [0.2, 0.25) is 0 Å². The fourth-order valence-corrected chi connectivity index (χ4v) is 2.33. The summed E-state index contributed by atoms with van der Waals surface area (Å²) in [5, 5.41) is 15.2. The van der Waals surface area contributed by atoms with Crippen molar-refractivity contribution in [3.8, 4) is 0 Å². The third kappa shape index (κ3) is 3.36. The maximum absolute atomic E-state index is 9.94. The maximum atomic E-state index is 9.94. The molecule has 17 heavy (non-hydrogen) atoms. The van der Waals surface area contributed by atoms with Crippen LogP contribution in [0.3, 0.4) is 0 Å². The van der Waals surface area contributed by atoms with Crippen molar-refractivity contribution in [2.24, 2.45) is 0 Å². The lowest BCUT2D eigenvalue weighted by Crippen LogP contribution is -2.24. The Morgan fingerprint density at radius 3 is 2.94 bits per heavy atom. The van der Waals surface area contributed by atoms with Crippen LogP contribution >= 0.6 is 11.3 Å². The highest BCUT2D eigenvalue weighted by atomic mass is 32.1. The van der Waals surface area contributed by atoms with E-state index in [1.807, 2.05) is 35.8 Å². The predicted octanol–water partition coefficient (Wildman–Crippen LogP) is 2.53. The average Bonchev–Trinajstić information content (AvgIpc) is 2.90. The molecule has 2 N–H and O–H groups in total. The van der Waals surface area contributed by atoms with E-state index in [0.29, 0.717) is 6.54 Å². The van der Waals surface area contributed by atoms with E-state index in [0.717, 1.165) is 10.4 Å². The van der Waals surface area contributed by atoms with E-state index < -0.39 is 6.10 Å². The van der Waals surface area contributed by atoms with Crippen molar-refractivity contribution in [1.82, 2.24) is 10.3 Å². The van der Waals surface area contributed by atoms with Gasteiger partial charge in [0, 0.05) is 29.9 Å². The van der Waals surface area contributed by atoms with Gasteiger partial charge in [-0.25, -0.2) is 0 Å². The van der Waals surface area contributed by atoms with Crippen LogP contribution in [0.1, 0.15) is 29.5 Å². The zero-order chi connectivity index (χ0) is 12.1. The van der Waals surface area contributed by atoms with Crippen molar-refractivity contribution in [2.45, 2.75) is 19.1 Å². The van der Waals surface area contributed by atoms with Crippen molar-refractivity contribution in [3.63, 3.8) is 0 Å². The Balaban J connectivity index is 1.86. The van der Waals surface area contributed by atoms with Crippen LogP contribution in [-0.2, 0) is 0 Å². The second kappa shape index (κ2) is 5.91. The number of hydrogen-bond donors (Lipinski definition) is 2. The molecule has 0 aliphatic heterocycles. The molecule has 3 nitrogen and oxygen atoms in total. The standard InChI is InChI=1S/C13H16N2OS/c1-10(11-4-2-6-14-8-11)15-9-12(16)13-5-3-7-17-13/h2-8,10,12,15-16H,9H2,1H3/t10-,12?/m0/s1. The molecule has 2 heterocycles. The Labute approximate surface area is 105 Å². The molecule has 90 valence electrons. The van der Waals surface area contributed by atoms with Crippen molar-refractivity contribution < 1.29 is 5.11 Å². The van der Waals surface area contributed by atoms with Gasteiger partial charge in [0.05, 0.1) is 0 Å². The second-order valence-corrected chi connectivity index (χ2v) is 4.93. The van der Waals surface area contributed by atoms with Gasteiger partial charge in [-0.1, -0.05) is 12.1 Å². The van der Waals surface area contributed by atoms with Gasteiger partial charge < -0.3 is 10.4 Å². The number of pyridine rings is 1. The number of hydrogen-bond acceptors (Lipinski definition) is 4. The minimum absolute atomic E-state index is 0.193. The minimum Gasteiger partial charge on any atom is -0.386 e. The summed E-state index contributed by atoms with van der Waals surface area (Å²) < 4.78 is 0. The Kier molecular flexibility index (Phi) is 4.25. The van der Waals surface area contributed by atoms with Crippen molar-refractivity contribution >= 4 is 11.3 Å². The largest absolute Gasteiger partial charge is 0.386 e. The van der Waals surface area contributed by atoms with E-state index in [4.69, 9.17) is 0 Å². The first-order valence-corrected chi connectivity index (χ1v) is 6.50. The van der Waals surface area contributed by atoms with Crippen LogP contribution in [0.25, 0.3) is 0 Å². The van der Waals surface area contributed by atoms with Gasteiger partial charge in [0.15, 0.2) is 0 Å². The van der Waals surface area contributed by atoms with Gasteiger partial charge in [0.1, 0.15) is 6.10 Å². The molecule has 1 unspecified atom stereocenters. The monoisotopic (exact) mass is 248 g/mol. The summed E-state index contributed by atoms with van der Waals surface area (Å²) >= 11 is 1.58. The van der Waals surface area contributed by atoms with Gasteiger partial charge in [-0.15, -0.1) is 11.3 Å². The maximum Gasteiger partial charge on any atom is 0.101 e. The minimum atomic E-state index is -0.436. The summed E-state index contributed by atoms with van der Waals surface area (Å²) in [7, 11) is 0. The zero-order valence-electron chi connectivity index (χ0n) is 9.71. The van der Waals surface area contributed by atoms with Crippen molar-refractivity contribution in [1.29, 1.82) is 0 Å². The first-order chi connectivity index (χ1) is 8.27. The Hall–Kier alpha value is -1.23. The highest BCUT2D eigenvalue weighted by Gasteiger charge is 2.11. The zero-order valence-corrected chi connectivity index (χ0v) is 10.5. The van der Waals surface area contributed by atoms with Gasteiger partial charge in [-0.3, -0.25) is 4.98 Å². The quantitative estimate of drug-likeness (QED) is 0.854. The van der Waals surface area contributed by atoms with E-state index >= 15 is 0 Å². The van der Waals surface area contributed by atoms with Gasteiger partial charge in [-0.2, -0.15) is 0 Å². The topological polar surface area (TPSA) is 45.1 Å². The van der Waals surface area contributed by atoms with E-state index in [-0.39, 0.29) is 6.04 Å². The molecule has 2 rings (SSSR count). The number of aliphatic hydroxyl groups is 1. The Morgan fingerprint density at radius 2 is 2.29 bits per heavy atom. The number of nitrogens with zero attached hydrogens (tertiary/aromatic N) is 1. The number of rotatable bonds is 5. The normalized spacial score (nSPS) is 14.5. The van der Waals surface area contributed by atoms with E-state index in [9.17, 15) is 5.11 Å². The summed E-state index contributed by atoms with van der Waals surface area (Å²) in [6.07, 6.45) is 3.17. The number of nitrogens with one attached hydrogen (secondary N) is 1. The molecule has 0 aliphatic carbocycles. The molecule has 2 aromatic heterocycles. The number of aromatic nitrogens is 1. The fraction of sp³-hybridized carbons (Fsp3) is 0.308. The molecule has 0 fully saturated rings. The van der Waals surface area contributed by atoms with E-state index in [1.54, 1.807) is 17.5 Å². The number of thiophene rings is 1. The van der Waals surface area contributed by atoms with Gasteiger partial charge in [0.25, 0.3) is 0 Å². The molecule has 0 amide bonds. The first kappa shape index (κ1) is 12.2. The lowest BCUT2D eigenvalue weighted by atomic mass is 10.1. The summed E-state index contributed by atoms with van der Waals surface area (Å²) in [5.41, 5.74) is 1.13. The third-order valence-electron chi connectivity index (χ3n) is 2.67. The predicted molar refractivity (Wildman–Crippen MR) is 69.9 cm³/mol. The van der Waals surface area contributed by atoms with Crippen LogP contribution in [0.5, 0.6) is 0 Å². The lowest BCUT2D eigenvalue weighted by molar-refractivity contribution is 0.174. The van der Waals surface area contributed by atoms with Gasteiger partial charge >= 0.3 is 0 Å². The molecule has 0 aliphatic rings. The lowest BCUT2D eigenvalue weighted by Gasteiger charge is -2.16. The second-order valence-electron chi connectivity index (χ2n) is 3.95. The Bertz CT molecular complexity index is 430. The van der Waals surface area contributed by atoms with Crippen LogP contribution < -0.4 is 5.32 Å². The summed E-state index contributed by atoms with van der Waals surface area (Å²) in [6.45, 7) is 2.62. The van der Waals surface area contributed by atoms with Gasteiger partial charge in [-0.05, 0) is 30.0 Å².